The highest BCUT2D eigenvalue weighted by Crippen LogP contribution is 2.39. The van der Waals surface area contributed by atoms with Crippen LogP contribution in [0.2, 0.25) is 0 Å². The van der Waals surface area contributed by atoms with Gasteiger partial charge in [0.2, 0.25) is 0 Å². The van der Waals surface area contributed by atoms with Crippen molar-refractivity contribution in [2.24, 2.45) is 0 Å². The number of anilines is 1. The van der Waals surface area contributed by atoms with Crippen molar-refractivity contribution in [3.63, 3.8) is 0 Å². The summed E-state index contributed by atoms with van der Waals surface area (Å²) in [7, 11) is 0. The van der Waals surface area contributed by atoms with Crippen molar-refractivity contribution < 1.29 is 0 Å². The van der Waals surface area contributed by atoms with Gasteiger partial charge in [-0.3, -0.25) is 0 Å². The van der Waals surface area contributed by atoms with E-state index in [0.29, 0.717) is 0 Å². The molecule has 90 valence electrons. The van der Waals surface area contributed by atoms with E-state index in [1.54, 1.807) is 11.3 Å². The normalized spacial score (nSPS) is 10.8. The number of halogens is 1. The largest absolute Gasteiger partial charge is 0.398 e. The number of benzene rings is 1. The van der Waals surface area contributed by atoms with Gasteiger partial charge in [-0.2, -0.15) is 0 Å². The topological polar surface area (TPSA) is 26.0 Å². The van der Waals surface area contributed by atoms with E-state index in [0.717, 1.165) is 28.6 Å². The molecule has 0 saturated carbocycles. The molecule has 1 heterocycles. The maximum Gasteiger partial charge on any atom is 0.0416 e. The van der Waals surface area contributed by atoms with Crippen LogP contribution in [0.4, 0.5) is 5.69 Å². The van der Waals surface area contributed by atoms with Gasteiger partial charge in [-0.1, -0.05) is 29.3 Å². The number of thiophene rings is 1. The molecule has 2 N–H and O–H groups in total. The van der Waals surface area contributed by atoms with Gasteiger partial charge in [-0.25, -0.2) is 0 Å². The summed E-state index contributed by atoms with van der Waals surface area (Å²) in [5, 5.41) is 2.11. The number of nitrogen functional groups attached to an aromatic ring is 1. The van der Waals surface area contributed by atoms with Crippen LogP contribution >= 0.6 is 27.3 Å². The zero-order valence-corrected chi connectivity index (χ0v) is 12.5. The molecule has 2 rings (SSSR count). The Labute approximate surface area is 115 Å². The zero-order chi connectivity index (χ0) is 12.4. The summed E-state index contributed by atoms with van der Waals surface area (Å²) in [4.78, 5) is 1.26. The molecule has 0 aliphatic rings. The molecule has 1 aromatic carbocycles. The van der Waals surface area contributed by atoms with Crippen molar-refractivity contribution in [2.75, 3.05) is 5.73 Å². The van der Waals surface area contributed by atoms with Gasteiger partial charge < -0.3 is 5.73 Å². The highest BCUT2D eigenvalue weighted by Gasteiger charge is 2.12. The minimum Gasteiger partial charge on any atom is -0.398 e. The van der Waals surface area contributed by atoms with Crippen LogP contribution in [0.5, 0.6) is 0 Å². The summed E-state index contributed by atoms with van der Waals surface area (Å²) in [6, 6.07) is 6.42. The Morgan fingerprint density at radius 1 is 1.35 bits per heavy atom. The van der Waals surface area contributed by atoms with E-state index < -0.39 is 0 Å². The number of hydrogen-bond acceptors (Lipinski definition) is 2. The van der Waals surface area contributed by atoms with Crippen LogP contribution < -0.4 is 5.73 Å². The van der Waals surface area contributed by atoms with E-state index >= 15 is 0 Å². The third kappa shape index (κ3) is 2.55. The summed E-state index contributed by atoms with van der Waals surface area (Å²) in [6.45, 7) is 4.30. The van der Waals surface area contributed by atoms with Gasteiger partial charge in [0.15, 0.2) is 0 Å². The molecule has 0 saturated heterocycles. The Hall–Kier alpha value is -0.800. The molecule has 0 bridgehead atoms. The monoisotopic (exact) mass is 309 g/mol. The minimum absolute atomic E-state index is 0.869. The molecule has 1 aromatic heterocycles. The van der Waals surface area contributed by atoms with Crippen molar-refractivity contribution in [1.82, 2.24) is 0 Å². The van der Waals surface area contributed by atoms with Crippen LogP contribution in [0.15, 0.2) is 28.1 Å². The Morgan fingerprint density at radius 2 is 2.12 bits per heavy atom. The first-order chi connectivity index (χ1) is 8.13. The highest BCUT2D eigenvalue weighted by molar-refractivity contribution is 9.10. The fourth-order valence-corrected chi connectivity index (χ4v) is 3.85. The van der Waals surface area contributed by atoms with Crippen LogP contribution in [-0.2, 0) is 6.42 Å². The standard InChI is InChI=1S/C14H16BrNS/c1-3-4-10-7-11(15)13(12(16)8-10)14-9(2)5-6-17-14/h5-8H,3-4,16H2,1-2H3. The van der Waals surface area contributed by atoms with Gasteiger partial charge >= 0.3 is 0 Å². The molecule has 0 radical (unpaired) electrons. The molecule has 1 nitrogen and oxygen atoms in total. The van der Waals surface area contributed by atoms with E-state index in [1.807, 2.05) is 0 Å². The lowest BCUT2D eigenvalue weighted by molar-refractivity contribution is 0.922. The number of nitrogens with two attached hydrogens (primary N) is 1. The first-order valence-electron chi connectivity index (χ1n) is 5.75. The molecule has 0 amide bonds. The lowest BCUT2D eigenvalue weighted by Gasteiger charge is -2.10. The molecule has 0 atom stereocenters. The fourth-order valence-electron chi connectivity index (χ4n) is 1.99. The van der Waals surface area contributed by atoms with Gasteiger partial charge in [0, 0.05) is 20.6 Å². The lowest BCUT2D eigenvalue weighted by atomic mass is 10.0. The first-order valence-corrected chi connectivity index (χ1v) is 7.43. The van der Waals surface area contributed by atoms with E-state index in [9.17, 15) is 0 Å². The summed E-state index contributed by atoms with van der Waals surface area (Å²) in [5.74, 6) is 0. The molecule has 3 heteroatoms. The van der Waals surface area contributed by atoms with Gasteiger partial charge in [0.1, 0.15) is 0 Å². The summed E-state index contributed by atoms with van der Waals surface area (Å²) in [5.41, 5.74) is 10.8. The Kier molecular flexibility index (Phi) is 3.89. The van der Waals surface area contributed by atoms with Crippen molar-refractivity contribution in [2.45, 2.75) is 26.7 Å². The van der Waals surface area contributed by atoms with E-state index in [1.165, 1.54) is 16.0 Å². The third-order valence-electron chi connectivity index (χ3n) is 2.81. The molecule has 2 aromatic rings. The Bertz CT molecular complexity index is 508. The third-order valence-corrected chi connectivity index (χ3v) is 4.47. The molecule has 0 unspecified atom stereocenters. The van der Waals surface area contributed by atoms with E-state index in [4.69, 9.17) is 5.73 Å². The van der Waals surface area contributed by atoms with Crippen LogP contribution in [0, 0.1) is 6.92 Å². The SMILES string of the molecule is CCCc1cc(N)c(-c2sccc2C)c(Br)c1. The summed E-state index contributed by atoms with van der Waals surface area (Å²) < 4.78 is 1.10. The smallest absolute Gasteiger partial charge is 0.0416 e. The molecule has 0 aliphatic carbocycles. The highest BCUT2D eigenvalue weighted by atomic mass is 79.9. The van der Waals surface area contributed by atoms with Crippen molar-refractivity contribution in [3.05, 3.63) is 39.2 Å². The Morgan fingerprint density at radius 3 is 2.65 bits per heavy atom. The van der Waals surface area contributed by atoms with Gasteiger partial charge in [-0.05, 0) is 48.1 Å². The van der Waals surface area contributed by atoms with Gasteiger partial charge in [0.25, 0.3) is 0 Å². The zero-order valence-electron chi connectivity index (χ0n) is 10.1. The van der Waals surface area contributed by atoms with Crippen LogP contribution in [0.3, 0.4) is 0 Å². The van der Waals surface area contributed by atoms with Crippen molar-refractivity contribution >= 4 is 33.0 Å². The fraction of sp³-hybridized carbons (Fsp3) is 0.286. The predicted octanol–water partition coefficient (Wildman–Crippen LogP) is 5.02. The quantitative estimate of drug-likeness (QED) is 0.791. The first kappa shape index (κ1) is 12.7. The second-order valence-corrected chi connectivity index (χ2v) is 6.00. The van der Waals surface area contributed by atoms with Crippen molar-refractivity contribution in [3.8, 4) is 10.4 Å². The second-order valence-electron chi connectivity index (χ2n) is 4.22. The number of rotatable bonds is 3. The lowest BCUT2D eigenvalue weighted by Crippen LogP contribution is -1.94. The predicted molar refractivity (Wildman–Crippen MR) is 80.6 cm³/mol. The van der Waals surface area contributed by atoms with E-state index in [-0.39, 0.29) is 0 Å². The minimum atomic E-state index is 0.869. The summed E-state index contributed by atoms with van der Waals surface area (Å²) >= 11 is 5.39. The molecule has 0 aliphatic heterocycles. The molecule has 17 heavy (non-hydrogen) atoms. The maximum absolute atomic E-state index is 6.19. The number of aryl methyl sites for hydroxylation is 2. The van der Waals surface area contributed by atoms with Crippen LogP contribution in [0.25, 0.3) is 10.4 Å². The molecular weight excluding hydrogens is 294 g/mol. The maximum atomic E-state index is 6.19. The summed E-state index contributed by atoms with van der Waals surface area (Å²) in [6.07, 6.45) is 2.22. The van der Waals surface area contributed by atoms with Gasteiger partial charge in [-0.15, -0.1) is 11.3 Å². The van der Waals surface area contributed by atoms with Gasteiger partial charge in [0.05, 0.1) is 0 Å². The molecular formula is C14H16BrNS. The Balaban J connectivity index is 2.53. The van der Waals surface area contributed by atoms with Crippen LogP contribution in [-0.4, -0.2) is 0 Å². The van der Waals surface area contributed by atoms with Crippen molar-refractivity contribution in [1.29, 1.82) is 0 Å². The number of hydrogen-bond donors (Lipinski definition) is 1. The van der Waals surface area contributed by atoms with Crippen LogP contribution in [0.1, 0.15) is 24.5 Å². The average molecular weight is 310 g/mol. The average Bonchev–Trinajstić information content (AvgIpc) is 2.64. The molecule has 0 fully saturated rings. The molecule has 0 spiro atoms. The second kappa shape index (κ2) is 5.23. The van der Waals surface area contributed by atoms with E-state index in [2.05, 4.69) is 53.4 Å².